The molecule has 2 aliphatic heterocycles. The summed E-state index contributed by atoms with van der Waals surface area (Å²) in [5, 5.41) is 4.13. The van der Waals surface area contributed by atoms with Crippen LogP contribution >= 0.6 is 0 Å². The van der Waals surface area contributed by atoms with Gasteiger partial charge in [0.2, 0.25) is 27.7 Å². The summed E-state index contributed by atoms with van der Waals surface area (Å²) in [6, 6.07) is 5.50. The van der Waals surface area contributed by atoms with Crippen LogP contribution in [0, 0.1) is 22.7 Å². The Morgan fingerprint density at radius 2 is 1.78 bits per heavy atom. The molecule has 274 valence electrons. The van der Waals surface area contributed by atoms with Gasteiger partial charge in [0.05, 0.1) is 22.6 Å². The smallest absolute Gasteiger partial charge is 0.251 e. The quantitative estimate of drug-likeness (QED) is 0.314. The molecule has 4 amide bonds. The van der Waals surface area contributed by atoms with Crippen LogP contribution in [0.3, 0.4) is 0 Å². The molecular formula is C38H49N5O7S. The number of Topliss-reactive ketones (excluding diaryl/α,β-unsaturated/α-hetero) is 1. The Morgan fingerprint density at radius 1 is 1.06 bits per heavy atom. The van der Waals surface area contributed by atoms with Gasteiger partial charge in [-0.1, -0.05) is 32.9 Å². The molecule has 12 nitrogen and oxygen atoms in total. The third-order valence-corrected chi connectivity index (χ3v) is 13.0. The number of fused-ring (bicyclic) bond motifs is 1. The number of nitrogens with one attached hydrogen (secondary N) is 2. The van der Waals surface area contributed by atoms with Gasteiger partial charge in [0.15, 0.2) is 5.78 Å². The second kappa shape index (κ2) is 14.1. The standard InChI is InChI=1S/C38H49N5O7S/c1-5-27-20-38(27,36(48)41-51(49,50)29-11-12-29)21-32(44)31-18-28(40-34(46)25-9-10-26-22-39-14-13-24(26)17-25)23-43(31)35(47)30(37(2,3)4)19-33(45)42-15-7-6-8-16-42/h5,9-10,13-14,17,22,27-31H,1,6-8,11-12,15-16,18-21,23H2,2-4H3,(H,40,46)(H,41,48)/t27-,28-,30-,31+,38-/m1/s1. The number of carbonyl (C=O) groups is 5. The van der Waals surface area contributed by atoms with Crippen molar-refractivity contribution in [2.45, 2.75) is 95.9 Å². The molecule has 3 heterocycles. The van der Waals surface area contributed by atoms with Crippen molar-refractivity contribution in [3.05, 3.63) is 54.9 Å². The molecule has 1 aromatic carbocycles. The second-order valence-corrected chi connectivity index (χ2v) is 17.9. The van der Waals surface area contributed by atoms with Gasteiger partial charge in [-0.05, 0) is 79.9 Å². The van der Waals surface area contributed by atoms with E-state index in [9.17, 15) is 32.4 Å². The van der Waals surface area contributed by atoms with Gasteiger partial charge in [0.25, 0.3) is 5.91 Å². The predicted octanol–water partition coefficient (Wildman–Crippen LogP) is 3.76. The van der Waals surface area contributed by atoms with Crippen LogP contribution in [0.25, 0.3) is 10.8 Å². The Hall–Kier alpha value is -4.13. The van der Waals surface area contributed by atoms with Gasteiger partial charge in [-0.3, -0.25) is 33.7 Å². The number of allylic oxidation sites excluding steroid dienone is 1. The van der Waals surface area contributed by atoms with E-state index in [-0.39, 0.29) is 49.9 Å². The SMILES string of the molecule is C=C[C@@H]1C[C@]1(CC(=O)[C@@H]1C[C@@H](NC(=O)c2ccc3cnccc3c2)CN1C(=O)[C@@H](CC(=O)N1CCCCC1)C(C)(C)C)C(=O)NS(=O)(=O)C1CC1. The monoisotopic (exact) mass is 719 g/mol. The third-order valence-electron chi connectivity index (χ3n) is 11.2. The highest BCUT2D eigenvalue weighted by Gasteiger charge is 2.61. The Morgan fingerprint density at radius 3 is 2.43 bits per heavy atom. The van der Waals surface area contributed by atoms with E-state index in [2.05, 4.69) is 21.6 Å². The Balaban J connectivity index is 1.25. The number of hydrogen-bond donors (Lipinski definition) is 2. The average molecular weight is 720 g/mol. The van der Waals surface area contributed by atoms with E-state index in [0.717, 1.165) is 30.0 Å². The Bertz CT molecular complexity index is 1850. The van der Waals surface area contributed by atoms with Crippen molar-refractivity contribution in [3.63, 3.8) is 0 Å². The maximum Gasteiger partial charge on any atom is 0.251 e. The number of carbonyl (C=O) groups excluding carboxylic acids is 5. The highest BCUT2D eigenvalue weighted by Crippen LogP contribution is 2.57. The topological polar surface area (TPSA) is 163 Å². The molecule has 2 saturated carbocycles. The summed E-state index contributed by atoms with van der Waals surface area (Å²) in [5.41, 5.74) is -1.50. The van der Waals surface area contributed by atoms with Crippen molar-refractivity contribution in [2.75, 3.05) is 19.6 Å². The fourth-order valence-corrected chi connectivity index (χ4v) is 9.09. The number of rotatable bonds is 12. The van der Waals surface area contributed by atoms with Crippen molar-refractivity contribution >= 4 is 50.2 Å². The zero-order valence-corrected chi connectivity index (χ0v) is 30.5. The Kier molecular flexibility index (Phi) is 10.1. The van der Waals surface area contributed by atoms with Crippen molar-refractivity contribution in [1.82, 2.24) is 24.8 Å². The highest BCUT2D eigenvalue weighted by molar-refractivity contribution is 7.90. The summed E-state index contributed by atoms with van der Waals surface area (Å²) in [6.45, 7) is 10.9. The van der Waals surface area contributed by atoms with Crippen LogP contribution in [0.5, 0.6) is 0 Å². The average Bonchev–Trinajstić information content (AvgIpc) is 4.03. The first-order chi connectivity index (χ1) is 24.1. The largest absolute Gasteiger partial charge is 0.347 e. The summed E-state index contributed by atoms with van der Waals surface area (Å²) >= 11 is 0. The summed E-state index contributed by atoms with van der Waals surface area (Å²) in [5.74, 6) is -3.07. The predicted molar refractivity (Wildman–Crippen MR) is 192 cm³/mol. The van der Waals surface area contributed by atoms with Gasteiger partial charge in [-0.25, -0.2) is 8.42 Å². The van der Waals surface area contributed by atoms with Crippen LogP contribution in [0.4, 0.5) is 0 Å². The molecule has 1 aromatic heterocycles. The number of piperidine rings is 1. The molecule has 4 aliphatic rings. The second-order valence-electron chi connectivity index (χ2n) is 15.9. The minimum atomic E-state index is -3.85. The molecule has 2 aromatic rings. The lowest BCUT2D eigenvalue weighted by Crippen LogP contribution is -2.49. The molecule has 0 unspecified atom stereocenters. The molecule has 6 rings (SSSR count). The van der Waals surface area contributed by atoms with Crippen LogP contribution < -0.4 is 10.0 Å². The molecule has 13 heteroatoms. The highest BCUT2D eigenvalue weighted by atomic mass is 32.2. The van der Waals surface area contributed by atoms with Crippen molar-refractivity contribution in [1.29, 1.82) is 0 Å². The van der Waals surface area contributed by atoms with E-state index in [1.807, 2.05) is 31.7 Å². The van der Waals surface area contributed by atoms with Gasteiger partial charge in [-0.2, -0.15) is 0 Å². The fourth-order valence-electron chi connectivity index (χ4n) is 7.70. The van der Waals surface area contributed by atoms with Crippen LogP contribution in [0.2, 0.25) is 0 Å². The normalized spacial score (nSPS) is 25.6. The molecule has 2 N–H and O–H groups in total. The van der Waals surface area contributed by atoms with Crippen molar-refractivity contribution < 1.29 is 32.4 Å². The lowest BCUT2D eigenvalue weighted by atomic mass is 9.77. The van der Waals surface area contributed by atoms with Crippen LogP contribution in [-0.2, 0) is 29.2 Å². The molecule has 5 atom stereocenters. The maximum atomic E-state index is 14.6. The summed E-state index contributed by atoms with van der Waals surface area (Å²) in [4.78, 5) is 76.8. The molecule has 2 saturated heterocycles. The van der Waals surface area contributed by atoms with E-state index in [0.29, 0.717) is 31.5 Å². The van der Waals surface area contributed by atoms with Gasteiger partial charge in [-0.15, -0.1) is 6.58 Å². The summed E-state index contributed by atoms with van der Waals surface area (Å²) in [7, 11) is -3.85. The Labute approximate surface area is 299 Å². The molecule has 4 fully saturated rings. The van der Waals surface area contributed by atoms with Crippen LogP contribution in [0.1, 0.15) is 88.9 Å². The lowest BCUT2D eigenvalue weighted by Gasteiger charge is -2.36. The van der Waals surface area contributed by atoms with Crippen LogP contribution in [-0.4, -0.2) is 89.6 Å². The number of nitrogens with zero attached hydrogens (tertiary/aromatic N) is 3. The van der Waals surface area contributed by atoms with Crippen molar-refractivity contribution in [2.24, 2.45) is 22.7 Å². The fraction of sp³-hybridized carbons (Fsp3) is 0.579. The van der Waals surface area contributed by atoms with Gasteiger partial charge < -0.3 is 15.1 Å². The number of aromatic nitrogens is 1. The van der Waals surface area contributed by atoms with E-state index in [1.54, 1.807) is 36.7 Å². The van der Waals surface area contributed by atoms with Crippen molar-refractivity contribution in [3.8, 4) is 0 Å². The van der Waals surface area contributed by atoms with E-state index in [1.165, 1.54) is 4.90 Å². The zero-order valence-electron chi connectivity index (χ0n) is 29.7. The summed E-state index contributed by atoms with van der Waals surface area (Å²) < 4.78 is 27.6. The number of likely N-dealkylation sites (tertiary alicyclic amines) is 2. The first-order valence-corrected chi connectivity index (χ1v) is 19.6. The van der Waals surface area contributed by atoms with Crippen LogP contribution in [0.15, 0.2) is 49.3 Å². The number of ketones is 1. The lowest BCUT2D eigenvalue weighted by molar-refractivity contribution is -0.148. The third kappa shape index (κ3) is 7.88. The van der Waals surface area contributed by atoms with E-state index >= 15 is 0 Å². The first-order valence-electron chi connectivity index (χ1n) is 18.1. The molecule has 0 radical (unpaired) electrons. The van der Waals surface area contributed by atoms with Gasteiger partial charge in [0.1, 0.15) is 0 Å². The zero-order chi connectivity index (χ0) is 36.7. The number of pyridine rings is 1. The molecule has 51 heavy (non-hydrogen) atoms. The minimum absolute atomic E-state index is 0.00732. The molecule has 2 aliphatic carbocycles. The number of amides is 4. The van der Waals surface area contributed by atoms with Gasteiger partial charge >= 0.3 is 0 Å². The van der Waals surface area contributed by atoms with E-state index in [4.69, 9.17) is 0 Å². The summed E-state index contributed by atoms with van der Waals surface area (Å²) in [6.07, 6.45) is 8.88. The number of sulfonamides is 1. The maximum absolute atomic E-state index is 14.6. The molecule has 0 spiro atoms. The van der Waals surface area contributed by atoms with Gasteiger partial charge in [0, 0.05) is 61.9 Å². The minimum Gasteiger partial charge on any atom is -0.347 e. The number of hydrogen-bond acceptors (Lipinski definition) is 8. The van der Waals surface area contributed by atoms with E-state index < -0.39 is 61.7 Å². The number of benzene rings is 1. The molecular weight excluding hydrogens is 671 g/mol. The first kappa shape index (κ1) is 36.7. The molecule has 0 bridgehead atoms.